The topological polar surface area (TPSA) is 32.3 Å². The number of nitrogens with zero attached hydrogens (tertiary/aromatic N) is 1. The summed E-state index contributed by atoms with van der Waals surface area (Å²) in [6.07, 6.45) is -5.96. The molecule has 3 nitrogen and oxygen atoms in total. The van der Waals surface area contributed by atoms with Gasteiger partial charge in [0.15, 0.2) is 0 Å². The first-order valence-electron chi connectivity index (χ1n) is 5.20. The van der Waals surface area contributed by atoms with E-state index < -0.39 is 18.0 Å². The van der Waals surface area contributed by atoms with Crippen LogP contribution in [0.2, 0.25) is 5.02 Å². The number of carbonyl (C=O) groups excluding carboxylic acids is 1. The molecule has 0 saturated carbocycles. The fraction of sp³-hybridized carbons (Fsp3) is 0.364. The fourth-order valence-corrected chi connectivity index (χ4v) is 1.74. The number of hydrogen-bond acceptors (Lipinski definition) is 2. The first-order chi connectivity index (χ1) is 8.98. The maximum atomic E-state index is 12.9. The number of nitrogens with one attached hydrogen (secondary N) is 1. The van der Waals surface area contributed by atoms with E-state index in [1.165, 1.54) is 37.2 Å². The molecule has 0 aliphatic rings. The highest BCUT2D eigenvalue weighted by atomic mass is 35.5. The summed E-state index contributed by atoms with van der Waals surface area (Å²) < 4.78 is 62.0. The molecule has 0 spiro atoms. The summed E-state index contributed by atoms with van der Waals surface area (Å²) in [7, 11) is 3.00. The van der Waals surface area contributed by atoms with Gasteiger partial charge in [0.25, 0.3) is 0 Å². The van der Waals surface area contributed by atoms with Gasteiger partial charge in [0, 0.05) is 14.1 Å². The largest absolute Gasteiger partial charge is 0.463 e. The SMILES string of the molecule is CN(C)c1c(Cl)cccc1NC(=O)C(F)(F)C(F)(F)F. The molecule has 112 valence electrons. The molecule has 20 heavy (non-hydrogen) atoms. The van der Waals surface area contributed by atoms with E-state index in [1.807, 2.05) is 0 Å². The number of amides is 1. The van der Waals surface area contributed by atoms with Crippen LogP contribution in [0.25, 0.3) is 0 Å². The Hall–Kier alpha value is -1.57. The molecule has 0 unspecified atom stereocenters. The molecule has 1 rings (SSSR count). The van der Waals surface area contributed by atoms with E-state index in [-0.39, 0.29) is 16.4 Å². The predicted molar refractivity (Wildman–Crippen MR) is 65.4 cm³/mol. The lowest BCUT2D eigenvalue weighted by Crippen LogP contribution is -2.47. The summed E-state index contributed by atoms with van der Waals surface area (Å²) in [6.45, 7) is 0. The molecular formula is C11H10ClF5N2O. The highest BCUT2D eigenvalue weighted by Gasteiger charge is 2.63. The van der Waals surface area contributed by atoms with Gasteiger partial charge in [-0.2, -0.15) is 22.0 Å². The van der Waals surface area contributed by atoms with Crippen LogP contribution in [0.1, 0.15) is 0 Å². The fourth-order valence-electron chi connectivity index (χ4n) is 1.40. The van der Waals surface area contributed by atoms with Gasteiger partial charge in [0.05, 0.1) is 16.4 Å². The lowest BCUT2D eigenvalue weighted by atomic mass is 10.2. The molecule has 1 aromatic carbocycles. The maximum absolute atomic E-state index is 12.9. The molecule has 0 aliphatic carbocycles. The van der Waals surface area contributed by atoms with Crippen molar-refractivity contribution in [3.8, 4) is 0 Å². The predicted octanol–water partition coefficient (Wildman–Crippen LogP) is 3.54. The number of halogens is 6. The first kappa shape index (κ1) is 16.5. The monoisotopic (exact) mass is 316 g/mol. The average molecular weight is 317 g/mol. The number of alkyl halides is 5. The first-order valence-corrected chi connectivity index (χ1v) is 5.58. The zero-order valence-corrected chi connectivity index (χ0v) is 11.1. The van der Waals surface area contributed by atoms with E-state index >= 15 is 0 Å². The molecule has 0 saturated heterocycles. The van der Waals surface area contributed by atoms with Crippen LogP contribution in [0.5, 0.6) is 0 Å². The van der Waals surface area contributed by atoms with Crippen molar-refractivity contribution in [2.45, 2.75) is 12.1 Å². The van der Waals surface area contributed by atoms with E-state index in [1.54, 1.807) is 5.32 Å². The highest BCUT2D eigenvalue weighted by molar-refractivity contribution is 6.34. The lowest BCUT2D eigenvalue weighted by Gasteiger charge is -2.22. The number of anilines is 2. The minimum Gasteiger partial charge on any atom is -0.375 e. The second kappa shape index (κ2) is 5.43. The standard InChI is InChI=1S/C11H10ClF5N2O/c1-19(2)8-6(12)4-3-5-7(8)18-9(20)10(13,14)11(15,16)17/h3-5H,1-2H3,(H,18,20). The molecule has 0 radical (unpaired) electrons. The van der Waals surface area contributed by atoms with Gasteiger partial charge in [-0.3, -0.25) is 4.79 Å². The Morgan fingerprint density at radius 3 is 2.20 bits per heavy atom. The number of hydrogen-bond donors (Lipinski definition) is 1. The minimum absolute atomic E-state index is 0.100. The van der Waals surface area contributed by atoms with Crippen molar-refractivity contribution in [3.05, 3.63) is 23.2 Å². The Kier molecular flexibility index (Phi) is 4.48. The van der Waals surface area contributed by atoms with Crippen molar-refractivity contribution in [3.63, 3.8) is 0 Å². The normalized spacial score (nSPS) is 12.2. The van der Waals surface area contributed by atoms with Crippen LogP contribution in [0.15, 0.2) is 18.2 Å². The summed E-state index contributed by atoms with van der Waals surface area (Å²) in [6, 6.07) is 3.90. The summed E-state index contributed by atoms with van der Waals surface area (Å²) >= 11 is 5.81. The summed E-state index contributed by atoms with van der Waals surface area (Å²) in [5.41, 5.74) is -0.114. The second-order valence-corrected chi connectivity index (χ2v) is 4.46. The van der Waals surface area contributed by atoms with Crippen molar-refractivity contribution < 1.29 is 26.7 Å². The van der Waals surface area contributed by atoms with Crippen molar-refractivity contribution >= 4 is 28.9 Å². The average Bonchev–Trinajstić information content (AvgIpc) is 2.26. The van der Waals surface area contributed by atoms with Crippen LogP contribution in [-0.2, 0) is 4.79 Å². The molecule has 0 heterocycles. The smallest absolute Gasteiger partial charge is 0.375 e. The zero-order valence-electron chi connectivity index (χ0n) is 10.4. The second-order valence-electron chi connectivity index (χ2n) is 4.06. The molecule has 1 aromatic rings. The number of rotatable bonds is 3. The van der Waals surface area contributed by atoms with Crippen LogP contribution >= 0.6 is 11.6 Å². The molecule has 9 heteroatoms. The Labute approximate surface area is 116 Å². The summed E-state index contributed by atoms with van der Waals surface area (Å²) in [5, 5.41) is 1.64. The van der Waals surface area contributed by atoms with Crippen molar-refractivity contribution in [2.24, 2.45) is 0 Å². The Morgan fingerprint density at radius 2 is 1.75 bits per heavy atom. The minimum atomic E-state index is -5.96. The summed E-state index contributed by atoms with van der Waals surface area (Å²) in [5.74, 6) is -7.95. The van der Waals surface area contributed by atoms with Crippen molar-refractivity contribution in [2.75, 3.05) is 24.3 Å². The highest BCUT2D eigenvalue weighted by Crippen LogP contribution is 2.38. The Balaban J connectivity index is 3.12. The third kappa shape index (κ3) is 3.12. The maximum Gasteiger partial charge on any atom is 0.463 e. The van der Waals surface area contributed by atoms with Crippen molar-refractivity contribution in [1.29, 1.82) is 0 Å². The van der Waals surface area contributed by atoms with Gasteiger partial charge in [-0.25, -0.2) is 0 Å². The van der Waals surface area contributed by atoms with Gasteiger partial charge in [-0.05, 0) is 12.1 Å². The van der Waals surface area contributed by atoms with Gasteiger partial charge in [0.2, 0.25) is 0 Å². The van der Waals surface area contributed by atoms with Gasteiger partial charge >= 0.3 is 18.0 Å². The van der Waals surface area contributed by atoms with Gasteiger partial charge < -0.3 is 10.2 Å². The van der Waals surface area contributed by atoms with Crippen LogP contribution in [0, 0.1) is 0 Å². The van der Waals surface area contributed by atoms with Gasteiger partial charge in [0.1, 0.15) is 0 Å². The molecule has 1 N–H and O–H groups in total. The van der Waals surface area contributed by atoms with Crippen molar-refractivity contribution in [1.82, 2.24) is 0 Å². The number of para-hydroxylation sites is 1. The number of carbonyl (C=O) groups is 1. The number of benzene rings is 1. The molecule has 0 aliphatic heterocycles. The quantitative estimate of drug-likeness (QED) is 0.865. The van der Waals surface area contributed by atoms with E-state index in [2.05, 4.69) is 0 Å². The van der Waals surface area contributed by atoms with Crippen LogP contribution in [-0.4, -0.2) is 32.1 Å². The third-order valence-corrected chi connectivity index (χ3v) is 2.63. The third-order valence-electron chi connectivity index (χ3n) is 2.32. The van der Waals surface area contributed by atoms with Gasteiger partial charge in [-0.15, -0.1) is 0 Å². The van der Waals surface area contributed by atoms with E-state index in [0.29, 0.717) is 0 Å². The van der Waals surface area contributed by atoms with Crippen LogP contribution < -0.4 is 10.2 Å². The van der Waals surface area contributed by atoms with Crippen LogP contribution in [0.4, 0.5) is 33.3 Å². The molecule has 0 atom stereocenters. The Bertz CT molecular complexity index is 516. The van der Waals surface area contributed by atoms with E-state index in [0.717, 1.165) is 0 Å². The van der Waals surface area contributed by atoms with E-state index in [9.17, 15) is 26.7 Å². The van der Waals surface area contributed by atoms with E-state index in [4.69, 9.17) is 11.6 Å². The molecule has 1 amide bonds. The van der Waals surface area contributed by atoms with Gasteiger partial charge in [-0.1, -0.05) is 17.7 Å². The van der Waals surface area contributed by atoms with Crippen LogP contribution in [0.3, 0.4) is 0 Å². The molecule has 0 bridgehead atoms. The lowest BCUT2D eigenvalue weighted by molar-refractivity contribution is -0.267. The molecular weight excluding hydrogens is 307 g/mol. The molecule has 0 aromatic heterocycles. The zero-order chi connectivity index (χ0) is 15.7. The Morgan fingerprint density at radius 1 is 1.20 bits per heavy atom. The summed E-state index contributed by atoms with van der Waals surface area (Å²) in [4.78, 5) is 12.5. The molecule has 0 fully saturated rings.